The quantitative estimate of drug-likeness (QED) is 0.287. The van der Waals surface area contributed by atoms with E-state index in [0.717, 1.165) is 36.6 Å². The van der Waals surface area contributed by atoms with Gasteiger partial charge in [0.15, 0.2) is 11.5 Å². The number of thioether (sulfide) groups is 1. The van der Waals surface area contributed by atoms with Gasteiger partial charge in [-0.25, -0.2) is 9.47 Å². The predicted molar refractivity (Wildman–Crippen MR) is 131 cm³/mol. The molecule has 2 aromatic heterocycles. The Morgan fingerprint density at radius 3 is 2.65 bits per heavy atom. The highest BCUT2D eigenvalue weighted by atomic mass is 32.2. The standard InChI is InChI=1S/C22H28N8O3S/c1-2-3-11-28(16(31)13-34-22-27-26-19(30(22)24)15-9-10-15)17-18(23)29(21(33)25-20(17)32)12-14-7-5-4-6-8-14/h4-8,15H,2-3,9-13,23-24H2,1H3,(H,25,32,33). The summed E-state index contributed by atoms with van der Waals surface area (Å²) in [5.41, 5.74) is 5.80. The zero-order valence-electron chi connectivity index (χ0n) is 18.9. The summed E-state index contributed by atoms with van der Waals surface area (Å²) in [6, 6.07) is 9.27. The van der Waals surface area contributed by atoms with E-state index in [9.17, 15) is 14.4 Å². The zero-order valence-corrected chi connectivity index (χ0v) is 19.8. The van der Waals surface area contributed by atoms with Crippen LogP contribution in [0.5, 0.6) is 0 Å². The molecule has 0 spiro atoms. The molecule has 2 heterocycles. The minimum atomic E-state index is -0.695. The van der Waals surface area contributed by atoms with E-state index in [4.69, 9.17) is 11.6 Å². The number of H-pyrrole nitrogens is 1. The first-order chi connectivity index (χ1) is 16.4. The van der Waals surface area contributed by atoms with Gasteiger partial charge in [-0.05, 0) is 24.8 Å². The van der Waals surface area contributed by atoms with E-state index in [0.29, 0.717) is 23.3 Å². The Hall–Kier alpha value is -3.54. The Balaban J connectivity index is 1.61. The molecule has 0 saturated heterocycles. The van der Waals surface area contributed by atoms with Crippen LogP contribution in [0.25, 0.3) is 0 Å². The van der Waals surface area contributed by atoms with Crippen LogP contribution in [0.15, 0.2) is 45.1 Å². The summed E-state index contributed by atoms with van der Waals surface area (Å²) in [5.74, 6) is 6.73. The first-order valence-corrected chi connectivity index (χ1v) is 12.2. The van der Waals surface area contributed by atoms with E-state index in [1.807, 2.05) is 37.3 Å². The number of aromatic amines is 1. The molecule has 1 aliphatic carbocycles. The number of aromatic nitrogens is 5. The van der Waals surface area contributed by atoms with Crippen molar-refractivity contribution in [2.75, 3.05) is 28.8 Å². The molecule has 12 heteroatoms. The summed E-state index contributed by atoms with van der Waals surface area (Å²) in [7, 11) is 0. The van der Waals surface area contributed by atoms with Gasteiger partial charge in [0.1, 0.15) is 5.82 Å². The molecule has 5 N–H and O–H groups in total. The summed E-state index contributed by atoms with van der Waals surface area (Å²) >= 11 is 1.15. The molecule has 11 nitrogen and oxygen atoms in total. The molecule has 1 amide bonds. The van der Waals surface area contributed by atoms with Crippen LogP contribution in [0.1, 0.15) is 49.9 Å². The maximum absolute atomic E-state index is 13.3. The molecule has 1 fully saturated rings. The molecule has 1 aliphatic rings. The molecule has 0 radical (unpaired) electrons. The number of anilines is 2. The van der Waals surface area contributed by atoms with Crippen molar-refractivity contribution in [2.24, 2.45) is 0 Å². The first kappa shape index (κ1) is 23.6. The number of rotatable bonds is 10. The van der Waals surface area contributed by atoms with Crippen molar-refractivity contribution in [3.8, 4) is 0 Å². The van der Waals surface area contributed by atoms with Gasteiger partial charge in [0.25, 0.3) is 5.56 Å². The summed E-state index contributed by atoms with van der Waals surface area (Å²) in [6.45, 7) is 2.44. The molecule has 3 aromatic rings. The summed E-state index contributed by atoms with van der Waals surface area (Å²) < 4.78 is 2.69. The fourth-order valence-corrected chi connectivity index (χ4v) is 4.39. The van der Waals surface area contributed by atoms with Crippen molar-refractivity contribution in [1.29, 1.82) is 0 Å². The molecule has 1 aromatic carbocycles. The average Bonchev–Trinajstić information content (AvgIpc) is 3.60. The molecule has 0 atom stereocenters. The largest absolute Gasteiger partial charge is 0.383 e. The fraction of sp³-hybridized carbons (Fsp3) is 0.409. The molecule has 0 unspecified atom stereocenters. The summed E-state index contributed by atoms with van der Waals surface area (Å²) in [4.78, 5) is 42.2. The predicted octanol–water partition coefficient (Wildman–Crippen LogP) is 1.28. The SMILES string of the molecule is CCCCN(C(=O)CSc1nnc(C2CC2)n1N)c1c(N)n(Cc2ccccc2)c(=O)[nH]c1=O. The number of unbranched alkanes of at least 4 members (excludes halogenated alkanes) is 1. The first-order valence-electron chi connectivity index (χ1n) is 11.2. The molecule has 34 heavy (non-hydrogen) atoms. The number of carbonyl (C=O) groups excluding carboxylic acids is 1. The summed E-state index contributed by atoms with van der Waals surface area (Å²) in [5, 5.41) is 8.65. The van der Waals surface area contributed by atoms with Gasteiger partial charge >= 0.3 is 5.69 Å². The Bertz CT molecular complexity index is 1280. The third-order valence-corrected chi connectivity index (χ3v) is 6.59. The van der Waals surface area contributed by atoms with E-state index in [1.54, 1.807) is 0 Å². The average molecular weight is 485 g/mol. The molecule has 180 valence electrons. The van der Waals surface area contributed by atoms with E-state index >= 15 is 0 Å². The highest BCUT2D eigenvalue weighted by molar-refractivity contribution is 7.99. The molecular weight excluding hydrogens is 456 g/mol. The van der Waals surface area contributed by atoms with E-state index in [2.05, 4.69) is 15.2 Å². The number of nitrogens with zero attached hydrogens (tertiary/aromatic N) is 5. The highest BCUT2D eigenvalue weighted by Gasteiger charge is 2.30. The second-order valence-corrected chi connectivity index (χ2v) is 9.18. The Morgan fingerprint density at radius 2 is 1.97 bits per heavy atom. The van der Waals surface area contributed by atoms with Crippen LogP contribution in [-0.2, 0) is 11.3 Å². The lowest BCUT2D eigenvalue weighted by Crippen LogP contribution is -2.42. The molecule has 1 saturated carbocycles. The topological polar surface area (TPSA) is 158 Å². The monoisotopic (exact) mass is 484 g/mol. The smallest absolute Gasteiger partial charge is 0.330 e. The zero-order chi connectivity index (χ0) is 24.2. The van der Waals surface area contributed by atoms with Crippen LogP contribution >= 0.6 is 11.8 Å². The third-order valence-electron chi connectivity index (χ3n) is 5.66. The normalized spacial score (nSPS) is 13.2. The van der Waals surface area contributed by atoms with E-state index < -0.39 is 11.2 Å². The minimum Gasteiger partial charge on any atom is -0.383 e. The lowest BCUT2D eigenvalue weighted by atomic mass is 10.2. The van der Waals surface area contributed by atoms with Crippen LogP contribution in [0.4, 0.5) is 11.5 Å². The Morgan fingerprint density at radius 1 is 1.24 bits per heavy atom. The third kappa shape index (κ3) is 5.01. The van der Waals surface area contributed by atoms with Crippen molar-refractivity contribution in [3.63, 3.8) is 0 Å². The maximum atomic E-state index is 13.3. The number of nitrogens with one attached hydrogen (secondary N) is 1. The van der Waals surface area contributed by atoms with Crippen LogP contribution < -0.4 is 27.7 Å². The lowest BCUT2D eigenvalue weighted by Gasteiger charge is -2.24. The van der Waals surface area contributed by atoms with Crippen LogP contribution in [0.2, 0.25) is 0 Å². The second-order valence-electron chi connectivity index (χ2n) is 8.24. The van der Waals surface area contributed by atoms with Gasteiger partial charge in [0.05, 0.1) is 12.3 Å². The molecule has 4 rings (SSSR count). The fourth-order valence-electron chi connectivity index (χ4n) is 3.65. The molecular formula is C22H28N8O3S. The number of nitrogen functional groups attached to an aromatic ring is 2. The number of hydrogen-bond donors (Lipinski definition) is 3. The van der Waals surface area contributed by atoms with Gasteiger partial charge in [0.2, 0.25) is 11.1 Å². The van der Waals surface area contributed by atoms with Crippen LogP contribution in [0.3, 0.4) is 0 Å². The van der Waals surface area contributed by atoms with Gasteiger partial charge in [-0.15, -0.1) is 10.2 Å². The van der Waals surface area contributed by atoms with E-state index in [1.165, 1.54) is 14.1 Å². The number of amides is 1. The van der Waals surface area contributed by atoms with Gasteiger partial charge < -0.3 is 16.5 Å². The van der Waals surface area contributed by atoms with Crippen LogP contribution in [-0.4, -0.2) is 42.6 Å². The highest BCUT2D eigenvalue weighted by Crippen LogP contribution is 2.39. The lowest BCUT2D eigenvalue weighted by molar-refractivity contribution is -0.116. The maximum Gasteiger partial charge on any atom is 0.330 e. The van der Waals surface area contributed by atoms with Crippen molar-refractivity contribution in [3.05, 3.63) is 62.6 Å². The van der Waals surface area contributed by atoms with Gasteiger partial charge in [-0.2, -0.15) is 0 Å². The second kappa shape index (κ2) is 10.2. The van der Waals surface area contributed by atoms with E-state index in [-0.39, 0.29) is 36.3 Å². The Kier molecular flexibility index (Phi) is 7.06. The van der Waals surface area contributed by atoms with Crippen LogP contribution in [0, 0.1) is 0 Å². The Labute approximate surface area is 200 Å². The molecule has 0 aliphatic heterocycles. The molecule has 0 bridgehead atoms. The van der Waals surface area contributed by atoms with Crippen molar-refractivity contribution >= 4 is 29.2 Å². The number of hydrogen-bond acceptors (Lipinski definition) is 8. The summed E-state index contributed by atoms with van der Waals surface area (Å²) in [6.07, 6.45) is 3.53. The van der Waals surface area contributed by atoms with Gasteiger partial charge in [-0.3, -0.25) is 19.1 Å². The van der Waals surface area contributed by atoms with Gasteiger partial charge in [-0.1, -0.05) is 55.4 Å². The van der Waals surface area contributed by atoms with Crippen molar-refractivity contribution in [1.82, 2.24) is 24.4 Å². The van der Waals surface area contributed by atoms with Crippen molar-refractivity contribution < 1.29 is 4.79 Å². The number of benzene rings is 1. The van der Waals surface area contributed by atoms with Gasteiger partial charge in [0, 0.05) is 12.5 Å². The van der Waals surface area contributed by atoms with Crippen molar-refractivity contribution in [2.45, 2.75) is 50.2 Å². The minimum absolute atomic E-state index is 0.0135. The number of nitrogens with two attached hydrogens (primary N) is 2. The number of carbonyl (C=O) groups is 1.